The summed E-state index contributed by atoms with van der Waals surface area (Å²) in [6.45, 7) is 0.208. The first-order valence-corrected chi connectivity index (χ1v) is 15.4. The van der Waals surface area contributed by atoms with Crippen LogP contribution in [-0.4, -0.2) is 20.4 Å². The second-order valence-corrected chi connectivity index (χ2v) is 11.6. The van der Waals surface area contributed by atoms with Crippen LogP contribution < -0.4 is 4.90 Å². The molecule has 216 valence electrons. The Bertz CT molecular complexity index is 1980. The lowest BCUT2D eigenvalue weighted by molar-refractivity contribution is 0.0985. The van der Waals surface area contributed by atoms with Gasteiger partial charge in [0.1, 0.15) is 5.54 Å². The van der Waals surface area contributed by atoms with E-state index in [-0.39, 0.29) is 12.5 Å². The smallest absolute Gasteiger partial charge is 0.260 e. The summed E-state index contributed by atoms with van der Waals surface area (Å²) in [6.07, 6.45) is 3.88. The number of amides is 1. The molecule has 0 saturated carbocycles. The third-order valence-electron chi connectivity index (χ3n) is 7.94. The van der Waals surface area contributed by atoms with Crippen molar-refractivity contribution in [2.24, 2.45) is 0 Å². The molecule has 2 aromatic heterocycles. The second kappa shape index (κ2) is 12.0. The molecule has 0 saturated heterocycles. The number of imidazole rings is 1. The number of thiazole rings is 1. The van der Waals surface area contributed by atoms with Crippen molar-refractivity contribution in [2.75, 3.05) is 4.90 Å². The standard InChI is InChI=1S/C38H27N5OS/c39-24-28-20-22-29(23-21-28)36(44)43(37-41-34-18-10-11-19-35(34)45-37)26-33-25-42(27-40-33)38(30-12-4-1-5-13-30,31-14-6-2-7-15-31)32-16-8-3-9-17-32/h1-23,25,27H,26H2. The maximum Gasteiger partial charge on any atom is 0.260 e. The van der Waals surface area contributed by atoms with E-state index < -0.39 is 5.54 Å². The summed E-state index contributed by atoms with van der Waals surface area (Å²) in [4.78, 5) is 25.5. The molecule has 0 atom stereocenters. The minimum Gasteiger partial charge on any atom is -0.319 e. The van der Waals surface area contributed by atoms with Gasteiger partial charge in [0.25, 0.3) is 5.91 Å². The molecule has 0 fully saturated rings. The van der Waals surface area contributed by atoms with Crippen molar-refractivity contribution < 1.29 is 4.79 Å². The number of anilines is 1. The summed E-state index contributed by atoms with van der Waals surface area (Å²) in [6, 6.07) is 47.9. The van der Waals surface area contributed by atoms with Gasteiger partial charge < -0.3 is 4.57 Å². The van der Waals surface area contributed by atoms with Crippen molar-refractivity contribution in [3.63, 3.8) is 0 Å². The highest BCUT2D eigenvalue weighted by molar-refractivity contribution is 7.22. The van der Waals surface area contributed by atoms with Crippen molar-refractivity contribution in [3.05, 3.63) is 186 Å². The lowest BCUT2D eigenvalue weighted by Crippen LogP contribution is -2.37. The van der Waals surface area contributed by atoms with Gasteiger partial charge >= 0.3 is 0 Å². The number of rotatable bonds is 8. The van der Waals surface area contributed by atoms with E-state index >= 15 is 0 Å². The molecule has 1 amide bonds. The fraction of sp³-hybridized carbons (Fsp3) is 0.0526. The number of hydrogen-bond acceptors (Lipinski definition) is 5. The summed E-state index contributed by atoms with van der Waals surface area (Å²) >= 11 is 1.47. The van der Waals surface area contributed by atoms with Crippen LogP contribution in [0.3, 0.4) is 0 Å². The van der Waals surface area contributed by atoms with Crippen molar-refractivity contribution >= 4 is 32.6 Å². The van der Waals surface area contributed by atoms with E-state index in [0.717, 1.165) is 26.9 Å². The van der Waals surface area contributed by atoms with E-state index in [1.807, 2.05) is 55.0 Å². The quantitative estimate of drug-likeness (QED) is 0.165. The van der Waals surface area contributed by atoms with Crippen LogP contribution in [0, 0.1) is 11.3 Å². The molecule has 0 N–H and O–H groups in total. The fourth-order valence-electron chi connectivity index (χ4n) is 5.82. The summed E-state index contributed by atoms with van der Waals surface area (Å²) in [5, 5.41) is 9.86. The molecule has 7 heteroatoms. The predicted molar refractivity (Wildman–Crippen MR) is 178 cm³/mol. The van der Waals surface area contributed by atoms with Gasteiger partial charge in [-0.15, -0.1) is 0 Å². The number of para-hydroxylation sites is 1. The highest BCUT2D eigenvalue weighted by Gasteiger charge is 2.38. The monoisotopic (exact) mass is 601 g/mol. The zero-order valence-corrected chi connectivity index (χ0v) is 25.0. The van der Waals surface area contributed by atoms with E-state index in [1.165, 1.54) is 11.3 Å². The Labute approximate surface area is 265 Å². The lowest BCUT2D eigenvalue weighted by Gasteiger charge is -2.37. The van der Waals surface area contributed by atoms with E-state index in [2.05, 4.69) is 83.4 Å². The molecule has 0 aliphatic rings. The molecule has 0 unspecified atom stereocenters. The number of nitrogens with zero attached hydrogens (tertiary/aromatic N) is 5. The van der Waals surface area contributed by atoms with E-state index in [0.29, 0.717) is 22.0 Å². The van der Waals surface area contributed by atoms with Crippen molar-refractivity contribution in [1.82, 2.24) is 14.5 Å². The first-order valence-electron chi connectivity index (χ1n) is 14.5. The van der Waals surface area contributed by atoms with Gasteiger partial charge in [0.05, 0.1) is 40.4 Å². The summed E-state index contributed by atoms with van der Waals surface area (Å²) in [7, 11) is 0. The van der Waals surface area contributed by atoms with Crippen LogP contribution in [0.5, 0.6) is 0 Å². The Morgan fingerprint density at radius 1 is 0.756 bits per heavy atom. The van der Waals surface area contributed by atoms with Crippen LogP contribution >= 0.6 is 11.3 Å². The average Bonchev–Trinajstić information content (AvgIpc) is 3.76. The minimum absolute atomic E-state index is 0.208. The molecule has 2 heterocycles. The molecular weight excluding hydrogens is 575 g/mol. The van der Waals surface area contributed by atoms with Crippen molar-refractivity contribution in [1.29, 1.82) is 5.26 Å². The Balaban J connectivity index is 1.36. The van der Waals surface area contributed by atoms with Crippen LogP contribution in [-0.2, 0) is 12.1 Å². The van der Waals surface area contributed by atoms with Gasteiger partial charge in [0.15, 0.2) is 5.13 Å². The first-order chi connectivity index (χ1) is 22.2. The van der Waals surface area contributed by atoms with Gasteiger partial charge in [-0.3, -0.25) is 9.69 Å². The highest BCUT2D eigenvalue weighted by atomic mass is 32.1. The van der Waals surface area contributed by atoms with Crippen LogP contribution in [0.4, 0.5) is 5.13 Å². The third-order valence-corrected chi connectivity index (χ3v) is 9.00. The number of aromatic nitrogens is 3. The number of carbonyl (C=O) groups is 1. The van der Waals surface area contributed by atoms with Gasteiger partial charge in [0, 0.05) is 11.8 Å². The number of fused-ring (bicyclic) bond motifs is 1. The zero-order valence-electron chi connectivity index (χ0n) is 24.2. The number of benzene rings is 5. The summed E-state index contributed by atoms with van der Waals surface area (Å²) < 4.78 is 3.14. The maximum atomic E-state index is 14.1. The van der Waals surface area contributed by atoms with Crippen LogP contribution in [0.2, 0.25) is 0 Å². The summed E-state index contributed by atoms with van der Waals surface area (Å²) in [5.41, 5.74) is 5.05. The number of carbonyl (C=O) groups excluding carboxylic acids is 1. The molecule has 6 nitrogen and oxygen atoms in total. The van der Waals surface area contributed by atoms with E-state index in [4.69, 9.17) is 9.97 Å². The topological polar surface area (TPSA) is 74.8 Å². The van der Waals surface area contributed by atoms with Gasteiger partial charge in [-0.2, -0.15) is 5.26 Å². The molecule has 0 radical (unpaired) electrons. The van der Waals surface area contributed by atoms with Crippen molar-refractivity contribution in [3.8, 4) is 6.07 Å². The van der Waals surface area contributed by atoms with Gasteiger partial charge in [0.2, 0.25) is 0 Å². The number of nitriles is 1. The summed E-state index contributed by atoms with van der Waals surface area (Å²) in [5.74, 6) is -0.214. The molecule has 0 aliphatic carbocycles. The largest absolute Gasteiger partial charge is 0.319 e. The predicted octanol–water partition coefficient (Wildman–Crippen LogP) is 8.05. The molecular formula is C38H27N5OS. The SMILES string of the molecule is N#Cc1ccc(C(=O)N(Cc2cn(C(c3ccccc3)(c3ccccc3)c3ccccc3)cn2)c2nc3ccccc3s2)cc1. The Morgan fingerprint density at radius 2 is 1.31 bits per heavy atom. The third kappa shape index (κ3) is 5.18. The normalized spacial score (nSPS) is 11.3. The van der Waals surface area contributed by atoms with E-state index in [1.54, 1.807) is 29.2 Å². The highest BCUT2D eigenvalue weighted by Crippen LogP contribution is 2.41. The van der Waals surface area contributed by atoms with Crippen LogP contribution in [0.1, 0.15) is 38.3 Å². The second-order valence-electron chi connectivity index (χ2n) is 10.6. The Kier molecular flexibility index (Phi) is 7.48. The maximum absolute atomic E-state index is 14.1. The van der Waals surface area contributed by atoms with Crippen LogP contribution in [0.15, 0.2) is 152 Å². The molecule has 0 spiro atoms. The fourth-order valence-corrected chi connectivity index (χ4v) is 6.78. The minimum atomic E-state index is -0.715. The molecule has 0 bridgehead atoms. The van der Waals surface area contributed by atoms with E-state index in [9.17, 15) is 10.1 Å². The molecule has 7 aromatic rings. The van der Waals surface area contributed by atoms with Gasteiger partial charge in [-0.1, -0.05) is 114 Å². The van der Waals surface area contributed by atoms with Crippen LogP contribution in [0.25, 0.3) is 10.2 Å². The Morgan fingerprint density at radius 3 is 1.87 bits per heavy atom. The molecule has 45 heavy (non-hydrogen) atoms. The Hall–Kier alpha value is -5.84. The molecule has 0 aliphatic heterocycles. The number of hydrogen-bond donors (Lipinski definition) is 0. The van der Waals surface area contributed by atoms with Crippen molar-refractivity contribution in [2.45, 2.75) is 12.1 Å². The van der Waals surface area contributed by atoms with Gasteiger partial charge in [-0.25, -0.2) is 9.97 Å². The molecule has 5 aromatic carbocycles. The lowest BCUT2D eigenvalue weighted by atomic mass is 9.77. The van der Waals surface area contributed by atoms with Gasteiger partial charge in [-0.05, 0) is 53.1 Å². The molecule has 7 rings (SSSR count). The average molecular weight is 602 g/mol. The zero-order chi connectivity index (χ0) is 30.6. The first kappa shape index (κ1) is 28.0.